The predicted octanol–water partition coefficient (Wildman–Crippen LogP) is 1.09. The number of aliphatic hydroxyl groups is 1. The summed E-state index contributed by atoms with van der Waals surface area (Å²) in [6.07, 6.45) is 6.62. The quantitative estimate of drug-likeness (QED) is 0.757. The lowest BCUT2D eigenvalue weighted by molar-refractivity contribution is -0.148. The topological polar surface area (TPSA) is 60.8 Å². The molecular weight excluding hydrogens is 206 g/mol. The molecule has 2 fully saturated rings. The summed E-state index contributed by atoms with van der Waals surface area (Å²) in [6, 6.07) is 0.0299. The zero-order valence-electron chi connectivity index (χ0n) is 9.64. The Morgan fingerprint density at radius 3 is 2.62 bits per heavy atom. The van der Waals surface area contributed by atoms with E-state index >= 15 is 0 Å². The summed E-state index contributed by atoms with van der Waals surface area (Å²) in [4.78, 5) is 13.2. The molecule has 0 radical (unpaired) electrons. The average molecular weight is 227 g/mol. The van der Waals surface area contributed by atoms with Gasteiger partial charge in [-0.25, -0.2) is 0 Å². The molecule has 2 N–H and O–H groups in total. The minimum absolute atomic E-state index is 0.0625. The summed E-state index contributed by atoms with van der Waals surface area (Å²) in [7, 11) is 0. The Hall–Kier alpha value is -0.610. The Labute approximate surface area is 96.3 Å². The zero-order valence-corrected chi connectivity index (χ0v) is 9.64. The van der Waals surface area contributed by atoms with Crippen LogP contribution in [0.2, 0.25) is 0 Å². The molecule has 0 bridgehead atoms. The van der Waals surface area contributed by atoms with E-state index in [1.54, 1.807) is 0 Å². The maximum Gasteiger partial charge on any atom is 0.320 e. The molecule has 0 amide bonds. The maximum absolute atomic E-state index is 11.2. The van der Waals surface area contributed by atoms with Crippen LogP contribution < -0.4 is 0 Å². The molecule has 1 aliphatic carbocycles. The summed E-state index contributed by atoms with van der Waals surface area (Å²) in [5.74, 6) is -0.0617. The van der Waals surface area contributed by atoms with Crippen LogP contribution in [-0.2, 0) is 4.79 Å². The van der Waals surface area contributed by atoms with E-state index in [4.69, 9.17) is 5.11 Å². The molecule has 1 saturated heterocycles. The normalized spacial score (nSPS) is 35.7. The second-order valence-corrected chi connectivity index (χ2v) is 5.00. The molecule has 0 spiro atoms. The Morgan fingerprint density at radius 1 is 1.19 bits per heavy atom. The number of nitrogens with zero attached hydrogens (tertiary/aromatic N) is 1. The van der Waals surface area contributed by atoms with Gasteiger partial charge in [0.15, 0.2) is 0 Å². The van der Waals surface area contributed by atoms with Gasteiger partial charge in [-0.05, 0) is 31.6 Å². The first-order chi connectivity index (χ1) is 7.74. The molecule has 3 atom stereocenters. The lowest BCUT2D eigenvalue weighted by Gasteiger charge is -2.47. The Morgan fingerprint density at radius 2 is 1.94 bits per heavy atom. The van der Waals surface area contributed by atoms with Crippen LogP contribution in [0.15, 0.2) is 0 Å². The number of β-amino-alcohol motifs (C(OH)–C–C–N with tert-alkyl or cyclic N) is 1. The third kappa shape index (κ3) is 2.23. The highest BCUT2D eigenvalue weighted by Gasteiger charge is 2.40. The second kappa shape index (κ2) is 5.15. The molecule has 3 unspecified atom stereocenters. The summed E-state index contributed by atoms with van der Waals surface area (Å²) in [5, 5.41) is 18.3. The molecule has 92 valence electrons. The Balaban J connectivity index is 2.10. The second-order valence-electron chi connectivity index (χ2n) is 5.00. The fourth-order valence-electron chi connectivity index (χ4n) is 3.43. The number of aliphatic carboxylic acids is 1. The first kappa shape index (κ1) is 11.9. The summed E-state index contributed by atoms with van der Waals surface area (Å²) >= 11 is 0. The third-order valence-electron chi connectivity index (χ3n) is 4.15. The largest absolute Gasteiger partial charge is 0.480 e. The van der Waals surface area contributed by atoms with E-state index in [2.05, 4.69) is 0 Å². The van der Waals surface area contributed by atoms with Gasteiger partial charge in [-0.1, -0.05) is 12.8 Å². The molecule has 4 nitrogen and oxygen atoms in total. The Kier molecular flexibility index (Phi) is 3.82. The molecule has 1 heterocycles. The van der Waals surface area contributed by atoms with Crippen molar-refractivity contribution in [3.63, 3.8) is 0 Å². The molecule has 0 aromatic rings. The highest BCUT2D eigenvalue weighted by atomic mass is 16.4. The predicted molar refractivity (Wildman–Crippen MR) is 60.2 cm³/mol. The van der Waals surface area contributed by atoms with E-state index in [-0.39, 0.29) is 12.6 Å². The number of likely N-dealkylation sites (tertiary alicyclic amines) is 1. The van der Waals surface area contributed by atoms with E-state index in [0.29, 0.717) is 18.5 Å². The SMILES string of the molecule is O=C(O)C1CCC2CCCCC2N1CCO. The van der Waals surface area contributed by atoms with Crippen LogP contribution >= 0.6 is 0 Å². The minimum atomic E-state index is -0.725. The number of carbonyl (C=O) groups is 1. The van der Waals surface area contributed by atoms with Crippen LogP contribution in [0.4, 0.5) is 0 Å². The molecule has 2 rings (SSSR count). The number of rotatable bonds is 3. The van der Waals surface area contributed by atoms with Crippen molar-refractivity contribution >= 4 is 5.97 Å². The minimum Gasteiger partial charge on any atom is -0.480 e. The smallest absolute Gasteiger partial charge is 0.320 e. The van der Waals surface area contributed by atoms with Crippen LogP contribution in [0.25, 0.3) is 0 Å². The van der Waals surface area contributed by atoms with Crippen molar-refractivity contribution < 1.29 is 15.0 Å². The van der Waals surface area contributed by atoms with Gasteiger partial charge in [-0.3, -0.25) is 9.69 Å². The highest BCUT2D eigenvalue weighted by molar-refractivity contribution is 5.73. The van der Waals surface area contributed by atoms with Crippen molar-refractivity contribution in [2.45, 2.75) is 50.6 Å². The molecule has 0 aromatic carbocycles. The number of carboxylic acids is 1. The third-order valence-corrected chi connectivity index (χ3v) is 4.15. The average Bonchev–Trinajstić information content (AvgIpc) is 2.29. The number of hydrogen-bond acceptors (Lipinski definition) is 3. The summed E-state index contributed by atoms with van der Waals surface area (Å²) < 4.78 is 0. The summed E-state index contributed by atoms with van der Waals surface area (Å²) in [5.41, 5.74) is 0. The van der Waals surface area contributed by atoms with Crippen molar-refractivity contribution in [3.8, 4) is 0 Å². The van der Waals surface area contributed by atoms with Crippen molar-refractivity contribution in [1.82, 2.24) is 4.90 Å². The highest BCUT2D eigenvalue weighted by Crippen LogP contribution is 2.37. The fourth-order valence-corrected chi connectivity index (χ4v) is 3.43. The van der Waals surface area contributed by atoms with E-state index in [0.717, 1.165) is 19.3 Å². The van der Waals surface area contributed by atoms with Gasteiger partial charge in [0.05, 0.1) is 6.61 Å². The van der Waals surface area contributed by atoms with Crippen molar-refractivity contribution in [2.75, 3.05) is 13.2 Å². The van der Waals surface area contributed by atoms with Crippen LogP contribution in [-0.4, -0.2) is 46.3 Å². The van der Waals surface area contributed by atoms with Gasteiger partial charge in [0.2, 0.25) is 0 Å². The van der Waals surface area contributed by atoms with E-state index in [9.17, 15) is 9.90 Å². The van der Waals surface area contributed by atoms with E-state index < -0.39 is 5.97 Å². The summed E-state index contributed by atoms with van der Waals surface area (Å²) in [6.45, 7) is 0.575. The first-order valence-electron chi connectivity index (χ1n) is 6.33. The lowest BCUT2D eigenvalue weighted by atomic mass is 9.76. The number of hydrogen-bond donors (Lipinski definition) is 2. The zero-order chi connectivity index (χ0) is 11.5. The first-order valence-corrected chi connectivity index (χ1v) is 6.33. The van der Waals surface area contributed by atoms with Crippen molar-refractivity contribution in [3.05, 3.63) is 0 Å². The molecule has 1 saturated carbocycles. The maximum atomic E-state index is 11.2. The molecule has 16 heavy (non-hydrogen) atoms. The number of piperidine rings is 1. The van der Waals surface area contributed by atoms with Crippen LogP contribution in [0, 0.1) is 5.92 Å². The van der Waals surface area contributed by atoms with Gasteiger partial charge in [-0.15, -0.1) is 0 Å². The Bertz CT molecular complexity index is 257. The van der Waals surface area contributed by atoms with Crippen molar-refractivity contribution in [2.24, 2.45) is 5.92 Å². The standard InChI is InChI=1S/C12H21NO3/c14-8-7-13-10-4-2-1-3-9(10)5-6-11(13)12(15)16/h9-11,14H,1-8H2,(H,15,16). The molecule has 4 heteroatoms. The van der Waals surface area contributed by atoms with Gasteiger partial charge < -0.3 is 10.2 Å². The lowest BCUT2D eigenvalue weighted by Crippen LogP contribution is -2.55. The fraction of sp³-hybridized carbons (Fsp3) is 0.917. The monoisotopic (exact) mass is 227 g/mol. The van der Waals surface area contributed by atoms with E-state index in [1.807, 2.05) is 4.90 Å². The van der Waals surface area contributed by atoms with Gasteiger partial charge in [0.1, 0.15) is 6.04 Å². The van der Waals surface area contributed by atoms with Gasteiger partial charge >= 0.3 is 5.97 Å². The van der Waals surface area contributed by atoms with Crippen molar-refractivity contribution in [1.29, 1.82) is 0 Å². The van der Waals surface area contributed by atoms with Gasteiger partial charge in [0.25, 0.3) is 0 Å². The number of aliphatic hydroxyl groups excluding tert-OH is 1. The van der Waals surface area contributed by atoms with E-state index in [1.165, 1.54) is 19.3 Å². The van der Waals surface area contributed by atoms with Gasteiger partial charge in [0, 0.05) is 12.6 Å². The van der Waals surface area contributed by atoms with Crippen LogP contribution in [0.5, 0.6) is 0 Å². The van der Waals surface area contributed by atoms with Gasteiger partial charge in [-0.2, -0.15) is 0 Å². The van der Waals surface area contributed by atoms with Crippen LogP contribution in [0.1, 0.15) is 38.5 Å². The number of fused-ring (bicyclic) bond motifs is 1. The molecule has 1 aliphatic heterocycles. The van der Waals surface area contributed by atoms with Crippen LogP contribution in [0.3, 0.4) is 0 Å². The molecular formula is C12H21NO3. The molecule has 2 aliphatic rings. The molecule has 0 aromatic heterocycles. The number of carboxylic acid groups (broad SMARTS) is 1.